The zero-order chi connectivity index (χ0) is 26.6. The lowest BCUT2D eigenvalue weighted by molar-refractivity contribution is -0.140. The number of anilines is 1. The molecule has 4 rings (SSSR count). The SMILES string of the molecule is CC(C)(C#N)c1ccc(NCC#Cc2cc3c(CN4CCNC(=O)C4)cccc3n2CC(F)(F)F)cn1. The van der Waals surface area contributed by atoms with Crippen LogP contribution in [0.4, 0.5) is 18.9 Å². The molecule has 2 aromatic heterocycles. The number of alkyl halides is 3. The van der Waals surface area contributed by atoms with E-state index < -0.39 is 18.1 Å². The van der Waals surface area contributed by atoms with Crippen molar-refractivity contribution in [2.24, 2.45) is 0 Å². The van der Waals surface area contributed by atoms with Crippen molar-refractivity contribution < 1.29 is 18.0 Å². The highest BCUT2D eigenvalue weighted by Gasteiger charge is 2.30. The van der Waals surface area contributed by atoms with Crippen LogP contribution in [0.2, 0.25) is 0 Å². The van der Waals surface area contributed by atoms with E-state index in [0.29, 0.717) is 41.9 Å². The summed E-state index contributed by atoms with van der Waals surface area (Å²) in [5, 5.41) is 15.8. The van der Waals surface area contributed by atoms with Crippen molar-refractivity contribution in [3.63, 3.8) is 0 Å². The number of amides is 1. The summed E-state index contributed by atoms with van der Waals surface area (Å²) in [5.41, 5.74) is 2.19. The molecule has 3 heterocycles. The van der Waals surface area contributed by atoms with E-state index in [4.69, 9.17) is 0 Å². The molecule has 0 bridgehead atoms. The predicted molar refractivity (Wildman–Crippen MR) is 135 cm³/mol. The van der Waals surface area contributed by atoms with Crippen molar-refractivity contribution in [1.29, 1.82) is 5.26 Å². The number of piperazine rings is 1. The molecular weight excluding hydrogens is 481 g/mol. The molecule has 0 unspecified atom stereocenters. The number of carbonyl (C=O) groups is 1. The second-order valence-electron chi connectivity index (χ2n) is 9.47. The summed E-state index contributed by atoms with van der Waals surface area (Å²) in [7, 11) is 0. The van der Waals surface area contributed by atoms with E-state index in [-0.39, 0.29) is 24.7 Å². The quantitative estimate of drug-likeness (QED) is 0.495. The van der Waals surface area contributed by atoms with E-state index in [1.807, 2.05) is 11.0 Å². The number of carbonyl (C=O) groups excluding carboxylic acids is 1. The lowest BCUT2D eigenvalue weighted by Crippen LogP contribution is -2.47. The van der Waals surface area contributed by atoms with E-state index in [1.54, 1.807) is 50.4 Å². The molecule has 3 aromatic rings. The second kappa shape index (κ2) is 10.5. The lowest BCUT2D eigenvalue weighted by Gasteiger charge is -2.26. The maximum atomic E-state index is 13.4. The number of hydrogen-bond acceptors (Lipinski definition) is 5. The Morgan fingerprint density at radius 2 is 2.03 bits per heavy atom. The fourth-order valence-electron chi connectivity index (χ4n) is 4.21. The summed E-state index contributed by atoms with van der Waals surface area (Å²) in [6.45, 7) is 4.54. The zero-order valence-electron chi connectivity index (χ0n) is 20.6. The highest BCUT2D eigenvalue weighted by atomic mass is 19.4. The minimum atomic E-state index is -4.41. The number of pyridine rings is 1. The van der Waals surface area contributed by atoms with Gasteiger partial charge in [0.15, 0.2) is 0 Å². The fourth-order valence-corrected chi connectivity index (χ4v) is 4.21. The Hall–Kier alpha value is -4.02. The standard InChI is InChI=1S/C27H27F3N6O/c1-26(2,17-31)24-9-8-20(14-34-24)32-10-4-6-21-13-22-19(15-35-12-11-33-25(37)16-35)5-3-7-23(22)36(21)18-27(28,29)30/h3,5,7-9,13-14,32H,10-12,15-16,18H2,1-2H3,(H,33,37). The highest BCUT2D eigenvalue weighted by Crippen LogP contribution is 2.28. The number of halogens is 3. The van der Waals surface area contributed by atoms with Crippen LogP contribution in [0, 0.1) is 23.2 Å². The van der Waals surface area contributed by atoms with Crippen LogP contribution in [0.3, 0.4) is 0 Å². The first-order chi connectivity index (χ1) is 17.6. The number of rotatable bonds is 6. The van der Waals surface area contributed by atoms with Crippen LogP contribution in [-0.2, 0) is 23.3 Å². The monoisotopic (exact) mass is 508 g/mol. The molecule has 7 nitrogen and oxygen atoms in total. The number of aromatic nitrogens is 2. The fraction of sp³-hybridized carbons (Fsp3) is 0.370. The number of nitriles is 1. The number of nitrogens with zero attached hydrogens (tertiary/aromatic N) is 4. The van der Waals surface area contributed by atoms with E-state index in [2.05, 4.69) is 33.5 Å². The Labute approximate surface area is 213 Å². The van der Waals surface area contributed by atoms with Gasteiger partial charge in [-0.15, -0.1) is 0 Å². The molecular formula is C27H27F3N6O. The molecule has 1 aromatic carbocycles. The first kappa shape index (κ1) is 26.1. The molecule has 1 aliphatic heterocycles. The number of nitrogens with one attached hydrogen (secondary N) is 2. The predicted octanol–water partition coefficient (Wildman–Crippen LogP) is 3.80. The molecule has 10 heteroatoms. The summed E-state index contributed by atoms with van der Waals surface area (Å²) in [6.07, 6.45) is -2.81. The summed E-state index contributed by atoms with van der Waals surface area (Å²) in [5.74, 6) is 5.73. The van der Waals surface area contributed by atoms with Gasteiger partial charge >= 0.3 is 6.18 Å². The molecule has 1 saturated heterocycles. The Kier molecular flexibility index (Phi) is 7.42. The van der Waals surface area contributed by atoms with Gasteiger partial charge in [-0.25, -0.2) is 0 Å². The summed E-state index contributed by atoms with van der Waals surface area (Å²) < 4.78 is 41.5. The molecule has 37 heavy (non-hydrogen) atoms. The molecule has 0 radical (unpaired) electrons. The number of hydrogen-bond donors (Lipinski definition) is 2. The lowest BCUT2D eigenvalue weighted by atomic mass is 9.91. The minimum absolute atomic E-state index is 0.0641. The number of fused-ring (bicyclic) bond motifs is 1. The Morgan fingerprint density at radius 3 is 2.70 bits per heavy atom. The van der Waals surface area contributed by atoms with Gasteiger partial charge in [-0.05, 0) is 49.6 Å². The van der Waals surface area contributed by atoms with Gasteiger partial charge in [0.05, 0.1) is 47.8 Å². The third kappa shape index (κ3) is 6.41. The molecule has 0 atom stereocenters. The van der Waals surface area contributed by atoms with Crippen LogP contribution in [0.25, 0.3) is 10.9 Å². The molecule has 2 N–H and O–H groups in total. The van der Waals surface area contributed by atoms with Crippen molar-refractivity contribution in [2.45, 2.75) is 38.5 Å². The highest BCUT2D eigenvalue weighted by molar-refractivity contribution is 5.86. The van der Waals surface area contributed by atoms with Gasteiger partial charge in [-0.2, -0.15) is 18.4 Å². The van der Waals surface area contributed by atoms with Crippen LogP contribution in [0.5, 0.6) is 0 Å². The Balaban J connectivity index is 1.56. The van der Waals surface area contributed by atoms with Gasteiger partial charge in [0.25, 0.3) is 0 Å². The molecule has 192 valence electrons. The average Bonchev–Trinajstić information content (AvgIpc) is 3.19. The summed E-state index contributed by atoms with van der Waals surface area (Å²) in [4.78, 5) is 18.0. The van der Waals surface area contributed by atoms with Gasteiger partial charge in [0.2, 0.25) is 5.91 Å². The maximum absolute atomic E-state index is 13.4. The number of benzene rings is 1. The summed E-state index contributed by atoms with van der Waals surface area (Å²) >= 11 is 0. The van der Waals surface area contributed by atoms with Crippen molar-refractivity contribution in [2.75, 3.05) is 31.5 Å². The zero-order valence-corrected chi connectivity index (χ0v) is 20.6. The maximum Gasteiger partial charge on any atom is 0.406 e. The van der Waals surface area contributed by atoms with Gasteiger partial charge in [0, 0.05) is 30.5 Å². The van der Waals surface area contributed by atoms with Gasteiger partial charge in [-0.1, -0.05) is 18.1 Å². The van der Waals surface area contributed by atoms with Crippen molar-refractivity contribution in [3.05, 3.63) is 59.5 Å². The molecule has 0 aliphatic carbocycles. The summed E-state index contributed by atoms with van der Waals surface area (Å²) in [6, 6.07) is 12.7. The minimum Gasteiger partial charge on any atom is -0.373 e. The van der Waals surface area contributed by atoms with Crippen LogP contribution in [-0.4, -0.2) is 52.7 Å². The van der Waals surface area contributed by atoms with E-state index in [0.717, 1.165) is 5.56 Å². The molecule has 1 amide bonds. The largest absolute Gasteiger partial charge is 0.406 e. The van der Waals surface area contributed by atoms with Crippen LogP contribution in [0.15, 0.2) is 42.6 Å². The average molecular weight is 509 g/mol. The normalized spacial score (nSPS) is 14.5. The van der Waals surface area contributed by atoms with Crippen molar-refractivity contribution >= 4 is 22.5 Å². The van der Waals surface area contributed by atoms with Crippen molar-refractivity contribution in [3.8, 4) is 17.9 Å². The third-order valence-electron chi connectivity index (χ3n) is 6.17. The van der Waals surface area contributed by atoms with Crippen molar-refractivity contribution in [1.82, 2.24) is 19.8 Å². The first-order valence-corrected chi connectivity index (χ1v) is 11.8. The van der Waals surface area contributed by atoms with E-state index >= 15 is 0 Å². The Morgan fingerprint density at radius 1 is 1.22 bits per heavy atom. The molecule has 0 saturated carbocycles. The van der Waals surface area contributed by atoms with Crippen LogP contribution >= 0.6 is 0 Å². The molecule has 0 spiro atoms. The van der Waals surface area contributed by atoms with Crippen LogP contribution < -0.4 is 10.6 Å². The third-order valence-corrected chi connectivity index (χ3v) is 6.17. The van der Waals surface area contributed by atoms with Gasteiger partial charge < -0.3 is 15.2 Å². The Bertz CT molecular complexity index is 1390. The molecule has 1 fully saturated rings. The van der Waals surface area contributed by atoms with Gasteiger partial charge in [0.1, 0.15) is 6.54 Å². The topological polar surface area (TPSA) is 86.0 Å². The van der Waals surface area contributed by atoms with E-state index in [1.165, 1.54) is 4.57 Å². The second-order valence-corrected chi connectivity index (χ2v) is 9.47. The first-order valence-electron chi connectivity index (χ1n) is 11.8. The van der Waals surface area contributed by atoms with Gasteiger partial charge in [-0.3, -0.25) is 14.7 Å². The molecule has 1 aliphatic rings. The van der Waals surface area contributed by atoms with Crippen LogP contribution in [0.1, 0.15) is 30.8 Å². The smallest absolute Gasteiger partial charge is 0.373 e. The van der Waals surface area contributed by atoms with E-state index in [9.17, 15) is 23.2 Å².